The summed E-state index contributed by atoms with van der Waals surface area (Å²) in [7, 11) is 0. The maximum absolute atomic E-state index is 12.8. The van der Waals surface area contributed by atoms with Crippen LogP contribution in [-0.4, -0.2) is 49.1 Å². The summed E-state index contributed by atoms with van der Waals surface area (Å²) in [5.41, 5.74) is 11.4. The van der Waals surface area contributed by atoms with Crippen molar-refractivity contribution >= 4 is 28.6 Å². The second-order valence-electron chi connectivity index (χ2n) is 14.2. The van der Waals surface area contributed by atoms with E-state index in [0.717, 1.165) is 72.6 Å². The monoisotopic (exact) mass is 775 g/mol. The average Bonchev–Trinajstić information content (AvgIpc) is 3.87. The minimum atomic E-state index is -0.917. The number of pyridine rings is 2. The molecule has 0 unspecified atom stereocenters. The summed E-state index contributed by atoms with van der Waals surface area (Å²) in [6, 6.07) is 50.1. The van der Waals surface area contributed by atoms with E-state index in [0.29, 0.717) is 24.3 Å². The van der Waals surface area contributed by atoms with Crippen LogP contribution < -0.4 is 0 Å². The molecule has 0 aliphatic carbocycles. The molecule has 0 amide bonds. The number of hydrogen-bond donors (Lipinski definition) is 1. The van der Waals surface area contributed by atoms with Gasteiger partial charge in [0.05, 0.1) is 35.5 Å². The predicted octanol–water partition coefficient (Wildman–Crippen LogP) is 9.86. The van der Waals surface area contributed by atoms with Crippen LogP contribution in [0.5, 0.6) is 0 Å². The molecule has 0 atom stereocenters. The van der Waals surface area contributed by atoms with E-state index < -0.39 is 11.5 Å². The molecular weight excluding hydrogens is 735 g/mol. The van der Waals surface area contributed by atoms with Crippen molar-refractivity contribution < 1.29 is 19.4 Å². The molecule has 1 aliphatic heterocycles. The first-order valence-electron chi connectivity index (χ1n) is 19.4. The lowest BCUT2D eigenvalue weighted by Crippen LogP contribution is -2.38. The van der Waals surface area contributed by atoms with E-state index in [1.54, 1.807) is 24.5 Å². The van der Waals surface area contributed by atoms with E-state index in [-0.39, 0.29) is 5.97 Å². The molecular formula is C50H41N5O4. The van der Waals surface area contributed by atoms with E-state index in [2.05, 4.69) is 92.4 Å². The number of aromatic carboxylic acids is 1. The van der Waals surface area contributed by atoms with Crippen LogP contribution >= 0.6 is 0 Å². The van der Waals surface area contributed by atoms with Crippen molar-refractivity contribution in [3.05, 3.63) is 220 Å². The van der Waals surface area contributed by atoms with Gasteiger partial charge in [0, 0.05) is 45.9 Å². The molecule has 5 aromatic carbocycles. The number of carbonyl (C=O) groups is 2. The molecule has 0 bridgehead atoms. The van der Waals surface area contributed by atoms with Gasteiger partial charge in [-0.2, -0.15) is 5.10 Å². The third-order valence-electron chi connectivity index (χ3n) is 10.4. The largest absolute Gasteiger partial charge is 0.478 e. The average molecular weight is 776 g/mol. The van der Waals surface area contributed by atoms with Gasteiger partial charge in [0.1, 0.15) is 11.2 Å². The summed E-state index contributed by atoms with van der Waals surface area (Å²) in [6.45, 7) is 6.62. The standard InChI is InChI=1S/C35H29N3O2.C15H12N2O2/c1-3-40-34(39)27-19-20-32-31(24-27)33(26-21-22-36-25(2)23-26)37-38(32)35(28-13-7-4-8-14-28,29-15-9-5-10-16-29)30-17-11-6-12-18-30;1-9-6-10(4-5-16-9)14-13-7-11(15(18)19)2-3-12(13)8-17-14/h4-24H,3H2,1-2H3;2-7H,8H2,1H3,(H,18,19). The topological polar surface area (TPSA) is 120 Å². The Bertz CT molecular complexity index is 2740. The van der Waals surface area contributed by atoms with Gasteiger partial charge in [0.2, 0.25) is 0 Å². The summed E-state index contributed by atoms with van der Waals surface area (Å²) in [5, 5.41) is 15.3. The van der Waals surface area contributed by atoms with Crippen LogP contribution in [0.3, 0.4) is 0 Å². The van der Waals surface area contributed by atoms with Crippen LogP contribution in [0.4, 0.5) is 0 Å². The SMILES string of the molecule is CCOC(=O)c1ccc2c(c1)c(-c1ccnc(C)c1)nn2C(c1ccccc1)(c1ccccc1)c1ccccc1.Cc1cc(C2=NCc3ccc(C(=O)O)cc32)ccn1. The Morgan fingerprint density at radius 1 is 0.678 bits per heavy atom. The molecule has 0 saturated carbocycles. The molecule has 0 radical (unpaired) electrons. The van der Waals surface area contributed by atoms with Crippen LogP contribution in [0, 0.1) is 13.8 Å². The Kier molecular flexibility index (Phi) is 10.7. The summed E-state index contributed by atoms with van der Waals surface area (Å²) < 4.78 is 7.46. The fourth-order valence-corrected chi connectivity index (χ4v) is 7.78. The third kappa shape index (κ3) is 7.42. The zero-order valence-corrected chi connectivity index (χ0v) is 32.9. The van der Waals surface area contributed by atoms with E-state index >= 15 is 0 Å². The molecule has 9 nitrogen and oxygen atoms in total. The van der Waals surface area contributed by atoms with Gasteiger partial charge in [-0.3, -0.25) is 15.0 Å². The van der Waals surface area contributed by atoms with E-state index in [9.17, 15) is 9.59 Å². The Balaban J connectivity index is 0.000000212. The number of ether oxygens (including phenoxy) is 1. The van der Waals surface area contributed by atoms with Crippen LogP contribution in [0.15, 0.2) is 169 Å². The first kappa shape index (κ1) is 38.4. The van der Waals surface area contributed by atoms with Crippen LogP contribution in [0.2, 0.25) is 0 Å². The number of fused-ring (bicyclic) bond motifs is 2. The fraction of sp³-hybridized carbons (Fsp3) is 0.120. The number of carboxylic acids is 1. The van der Waals surface area contributed by atoms with Crippen LogP contribution in [0.25, 0.3) is 22.2 Å². The molecule has 1 N–H and O–H groups in total. The van der Waals surface area contributed by atoms with E-state index in [1.165, 1.54) is 0 Å². The predicted molar refractivity (Wildman–Crippen MR) is 230 cm³/mol. The highest BCUT2D eigenvalue weighted by molar-refractivity contribution is 6.15. The number of carboxylic acid groups (broad SMARTS) is 1. The van der Waals surface area contributed by atoms with Crippen molar-refractivity contribution in [2.75, 3.05) is 6.61 Å². The molecule has 3 aromatic heterocycles. The Morgan fingerprint density at radius 2 is 1.24 bits per heavy atom. The first-order chi connectivity index (χ1) is 28.8. The molecule has 0 spiro atoms. The second-order valence-corrected chi connectivity index (χ2v) is 14.2. The molecule has 9 rings (SSSR count). The smallest absolute Gasteiger partial charge is 0.338 e. The number of aryl methyl sites for hydroxylation is 2. The van der Waals surface area contributed by atoms with Gasteiger partial charge in [-0.1, -0.05) is 97.1 Å². The number of carbonyl (C=O) groups excluding carboxylic acids is 1. The molecule has 8 aromatic rings. The summed E-state index contributed by atoms with van der Waals surface area (Å²) in [4.78, 5) is 36.9. The molecule has 290 valence electrons. The molecule has 4 heterocycles. The quantitative estimate of drug-likeness (QED) is 0.115. The number of rotatable bonds is 9. The number of aromatic nitrogens is 4. The Labute approximate surface area is 342 Å². The maximum Gasteiger partial charge on any atom is 0.338 e. The van der Waals surface area contributed by atoms with Crippen molar-refractivity contribution in [3.63, 3.8) is 0 Å². The first-order valence-corrected chi connectivity index (χ1v) is 19.4. The lowest BCUT2D eigenvalue weighted by atomic mass is 9.77. The summed E-state index contributed by atoms with van der Waals surface area (Å²) >= 11 is 0. The zero-order valence-electron chi connectivity index (χ0n) is 32.9. The Hall–Kier alpha value is -7.52. The minimum absolute atomic E-state index is 0.291. The summed E-state index contributed by atoms with van der Waals surface area (Å²) in [6.07, 6.45) is 3.54. The third-order valence-corrected chi connectivity index (χ3v) is 10.4. The van der Waals surface area contributed by atoms with Crippen molar-refractivity contribution in [3.8, 4) is 11.3 Å². The van der Waals surface area contributed by atoms with Gasteiger partial charge in [0.15, 0.2) is 0 Å². The van der Waals surface area contributed by atoms with Crippen LogP contribution in [-0.2, 0) is 16.8 Å². The van der Waals surface area contributed by atoms with Crippen molar-refractivity contribution in [2.24, 2.45) is 4.99 Å². The number of benzene rings is 5. The van der Waals surface area contributed by atoms with Crippen molar-refractivity contribution in [2.45, 2.75) is 32.9 Å². The fourth-order valence-electron chi connectivity index (χ4n) is 7.78. The number of esters is 1. The lowest BCUT2D eigenvalue weighted by Gasteiger charge is -2.37. The molecule has 0 fully saturated rings. The van der Waals surface area contributed by atoms with Crippen molar-refractivity contribution in [1.29, 1.82) is 0 Å². The highest BCUT2D eigenvalue weighted by Crippen LogP contribution is 2.44. The second kappa shape index (κ2) is 16.5. The molecule has 1 aliphatic rings. The molecule has 0 saturated heterocycles. The van der Waals surface area contributed by atoms with Gasteiger partial charge in [-0.05, 0) is 97.6 Å². The molecule has 59 heavy (non-hydrogen) atoms. The summed E-state index contributed by atoms with van der Waals surface area (Å²) in [5.74, 6) is -1.27. The molecule has 9 heteroatoms. The van der Waals surface area contributed by atoms with Gasteiger partial charge >= 0.3 is 11.9 Å². The van der Waals surface area contributed by atoms with Gasteiger partial charge in [-0.15, -0.1) is 0 Å². The highest BCUT2D eigenvalue weighted by atomic mass is 16.5. The number of hydrogen-bond acceptors (Lipinski definition) is 7. The minimum Gasteiger partial charge on any atom is -0.478 e. The number of nitrogens with zero attached hydrogens (tertiary/aromatic N) is 5. The zero-order chi connectivity index (χ0) is 40.9. The lowest BCUT2D eigenvalue weighted by molar-refractivity contribution is 0.0526. The highest BCUT2D eigenvalue weighted by Gasteiger charge is 2.41. The van der Waals surface area contributed by atoms with Gasteiger partial charge in [0.25, 0.3) is 0 Å². The van der Waals surface area contributed by atoms with Crippen LogP contribution in [0.1, 0.15) is 72.4 Å². The maximum atomic E-state index is 12.8. The Morgan fingerprint density at radius 3 is 1.80 bits per heavy atom. The normalized spacial score (nSPS) is 11.9. The van der Waals surface area contributed by atoms with E-state index in [4.69, 9.17) is 14.9 Å². The van der Waals surface area contributed by atoms with Gasteiger partial charge < -0.3 is 9.84 Å². The van der Waals surface area contributed by atoms with Gasteiger partial charge in [-0.25, -0.2) is 14.3 Å². The van der Waals surface area contributed by atoms with Crippen molar-refractivity contribution in [1.82, 2.24) is 19.7 Å². The van der Waals surface area contributed by atoms with E-state index in [1.807, 2.05) is 87.5 Å². The number of aliphatic imine (C=N–C) groups is 1.